The second-order valence-corrected chi connectivity index (χ2v) is 11.7. The number of anilines is 2. The molecule has 2 unspecified atom stereocenters. The second-order valence-electron chi connectivity index (χ2n) is 11.7. The number of benzene rings is 2. The van der Waals surface area contributed by atoms with Crippen molar-refractivity contribution >= 4 is 23.2 Å². The zero-order valence-corrected chi connectivity index (χ0v) is 26.8. The van der Waals surface area contributed by atoms with E-state index < -0.39 is 34.9 Å². The molecule has 0 saturated carbocycles. The van der Waals surface area contributed by atoms with E-state index in [0.717, 1.165) is 24.1 Å². The summed E-state index contributed by atoms with van der Waals surface area (Å²) in [6.07, 6.45) is -0.665. The standard InChI is InChI=1S/C35H40F3N5O5/c1-3-7-31-34(48-26-12-10-25(39)11-13-26,15-6-17-43(31)32(44)27-24-40-16-14-28(27)35(36,37)38)33(45)42-20-18-41(19-21-42)29-8-4-5-9-30(29)47-23-22-46-2/h3-5,8-14,16,24,31H,1,6-7,15,17-23,39H2,2H3. The number of alkyl halides is 3. The molecule has 1 aromatic heterocycles. The highest BCUT2D eigenvalue weighted by molar-refractivity contribution is 5.97. The lowest BCUT2D eigenvalue weighted by atomic mass is 9.80. The third-order valence-electron chi connectivity index (χ3n) is 8.73. The number of nitrogen functional groups attached to an aromatic ring is 1. The molecule has 3 heterocycles. The molecule has 2 aromatic carbocycles. The summed E-state index contributed by atoms with van der Waals surface area (Å²) in [5.41, 5.74) is 3.99. The van der Waals surface area contributed by atoms with E-state index in [4.69, 9.17) is 19.9 Å². The molecule has 0 aliphatic carbocycles. The number of aromatic nitrogens is 1. The lowest BCUT2D eigenvalue weighted by molar-refractivity contribution is -0.159. The van der Waals surface area contributed by atoms with Crippen LogP contribution in [0, 0.1) is 0 Å². The maximum absolute atomic E-state index is 14.8. The number of nitrogens with zero attached hydrogens (tertiary/aromatic N) is 4. The van der Waals surface area contributed by atoms with Crippen molar-refractivity contribution in [2.75, 3.05) is 63.7 Å². The fraction of sp³-hybridized carbons (Fsp3) is 0.400. The summed E-state index contributed by atoms with van der Waals surface area (Å²) in [5.74, 6) is -0.178. The van der Waals surface area contributed by atoms with E-state index in [1.165, 1.54) is 4.90 Å². The van der Waals surface area contributed by atoms with Crippen LogP contribution in [0.3, 0.4) is 0 Å². The molecule has 5 rings (SSSR count). The Morgan fingerprint density at radius 2 is 1.77 bits per heavy atom. The van der Waals surface area contributed by atoms with Gasteiger partial charge in [0.1, 0.15) is 18.1 Å². The predicted molar refractivity (Wildman–Crippen MR) is 175 cm³/mol. The van der Waals surface area contributed by atoms with Crippen LogP contribution in [0.4, 0.5) is 24.5 Å². The van der Waals surface area contributed by atoms with Crippen LogP contribution in [0.5, 0.6) is 11.5 Å². The molecular formula is C35H40F3N5O5. The van der Waals surface area contributed by atoms with Crippen LogP contribution in [0.25, 0.3) is 0 Å². The Morgan fingerprint density at radius 3 is 2.46 bits per heavy atom. The summed E-state index contributed by atoms with van der Waals surface area (Å²) < 4.78 is 59.6. The molecule has 2 saturated heterocycles. The summed E-state index contributed by atoms with van der Waals surface area (Å²) >= 11 is 0. The Balaban J connectivity index is 1.47. The van der Waals surface area contributed by atoms with Crippen molar-refractivity contribution in [1.82, 2.24) is 14.8 Å². The van der Waals surface area contributed by atoms with Crippen molar-refractivity contribution in [3.8, 4) is 11.5 Å². The maximum atomic E-state index is 14.8. The quantitative estimate of drug-likeness (QED) is 0.172. The van der Waals surface area contributed by atoms with Crippen LogP contribution in [-0.2, 0) is 15.7 Å². The van der Waals surface area contributed by atoms with Gasteiger partial charge in [-0.2, -0.15) is 13.2 Å². The van der Waals surface area contributed by atoms with Gasteiger partial charge in [-0.15, -0.1) is 6.58 Å². The van der Waals surface area contributed by atoms with Crippen molar-refractivity contribution in [2.24, 2.45) is 0 Å². The first-order chi connectivity index (χ1) is 23.1. The number of hydrogen-bond acceptors (Lipinski definition) is 8. The van der Waals surface area contributed by atoms with Gasteiger partial charge in [-0.3, -0.25) is 14.6 Å². The third kappa shape index (κ3) is 7.35. The predicted octanol–water partition coefficient (Wildman–Crippen LogP) is 5.06. The highest BCUT2D eigenvalue weighted by Crippen LogP contribution is 2.40. The Bertz CT molecular complexity index is 1580. The van der Waals surface area contributed by atoms with Crippen molar-refractivity contribution in [3.05, 3.63) is 90.8 Å². The number of ether oxygens (including phenoxy) is 3. The number of carbonyl (C=O) groups is 2. The van der Waals surface area contributed by atoms with Crippen LogP contribution >= 0.6 is 0 Å². The first-order valence-corrected chi connectivity index (χ1v) is 15.8. The highest BCUT2D eigenvalue weighted by Gasteiger charge is 2.55. The Labute approximate surface area is 277 Å². The van der Waals surface area contributed by atoms with Gasteiger partial charge in [0.25, 0.3) is 11.8 Å². The molecule has 48 heavy (non-hydrogen) atoms. The van der Waals surface area contributed by atoms with Gasteiger partial charge in [0.05, 0.1) is 29.5 Å². The zero-order chi connectivity index (χ0) is 34.3. The highest BCUT2D eigenvalue weighted by atomic mass is 19.4. The zero-order valence-electron chi connectivity index (χ0n) is 26.8. The third-order valence-corrected chi connectivity index (χ3v) is 8.73. The van der Waals surface area contributed by atoms with Gasteiger partial charge in [0.2, 0.25) is 5.60 Å². The largest absolute Gasteiger partial charge is 0.489 e. The van der Waals surface area contributed by atoms with Crippen LogP contribution in [0.1, 0.15) is 35.2 Å². The number of nitrogens with two attached hydrogens (primary N) is 1. The minimum absolute atomic E-state index is 0.0974. The molecule has 0 bridgehead atoms. The van der Waals surface area contributed by atoms with Crippen LogP contribution in [0.15, 0.2) is 79.6 Å². The topological polar surface area (TPSA) is 110 Å². The molecular weight excluding hydrogens is 627 g/mol. The number of carbonyl (C=O) groups excluding carboxylic acids is 2. The van der Waals surface area contributed by atoms with Gasteiger partial charge in [-0.05, 0) is 55.3 Å². The first kappa shape index (κ1) is 34.6. The Kier molecular flexibility index (Phi) is 10.8. The van der Waals surface area contributed by atoms with Crippen molar-refractivity contribution in [2.45, 2.75) is 37.1 Å². The van der Waals surface area contributed by atoms with Crippen molar-refractivity contribution in [3.63, 3.8) is 0 Å². The van der Waals surface area contributed by atoms with Crippen LogP contribution < -0.4 is 20.1 Å². The van der Waals surface area contributed by atoms with Crippen molar-refractivity contribution < 1.29 is 37.0 Å². The molecule has 3 aromatic rings. The number of halogens is 3. The maximum Gasteiger partial charge on any atom is 0.417 e. The Hall–Kier alpha value is -4.78. The summed E-state index contributed by atoms with van der Waals surface area (Å²) in [6.45, 7) is 6.48. The normalized spacial score (nSPS) is 19.9. The van der Waals surface area contributed by atoms with Gasteiger partial charge in [-0.1, -0.05) is 18.2 Å². The number of piperidine rings is 1. The number of hydrogen-bond donors (Lipinski definition) is 1. The summed E-state index contributed by atoms with van der Waals surface area (Å²) in [4.78, 5) is 37.8. The Morgan fingerprint density at radius 1 is 1.04 bits per heavy atom. The number of para-hydroxylation sites is 2. The molecule has 0 radical (unpaired) electrons. The van der Waals surface area contributed by atoms with Crippen LogP contribution in [0.2, 0.25) is 0 Å². The van der Waals surface area contributed by atoms with Crippen LogP contribution in [-0.4, -0.2) is 91.3 Å². The van der Waals surface area contributed by atoms with Gasteiger partial charge < -0.3 is 34.6 Å². The monoisotopic (exact) mass is 667 g/mol. The number of amides is 2. The summed E-state index contributed by atoms with van der Waals surface area (Å²) in [7, 11) is 1.61. The van der Waals surface area contributed by atoms with E-state index in [0.29, 0.717) is 63.0 Å². The first-order valence-electron chi connectivity index (χ1n) is 15.8. The summed E-state index contributed by atoms with van der Waals surface area (Å²) in [6, 6.07) is 14.0. The van der Waals surface area contributed by atoms with Gasteiger partial charge >= 0.3 is 6.18 Å². The molecule has 2 fully saturated rings. The molecule has 2 atom stereocenters. The van der Waals surface area contributed by atoms with Gasteiger partial charge in [0, 0.05) is 64.3 Å². The SMILES string of the molecule is C=CCC1N(C(=O)c2cnccc2C(F)(F)F)CCCC1(Oc1ccc(N)cc1)C(=O)N1CCN(c2ccccc2OCCOC)CC1. The lowest BCUT2D eigenvalue weighted by Crippen LogP contribution is -2.69. The molecule has 2 amide bonds. The fourth-order valence-corrected chi connectivity index (χ4v) is 6.42. The average molecular weight is 668 g/mol. The fourth-order valence-electron chi connectivity index (χ4n) is 6.42. The lowest BCUT2D eigenvalue weighted by Gasteiger charge is -2.50. The molecule has 256 valence electrons. The van der Waals surface area contributed by atoms with E-state index >= 15 is 0 Å². The summed E-state index contributed by atoms with van der Waals surface area (Å²) in [5, 5.41) is 0. The van der Waals surface area contributed by atoms with E-state index in [1.807, 2.05) is 24.3 Å². The van der Waals surface area contributed by atoms with E-state index in [2.05, 4.69) is 16.5 Å². The van der Waals surface area contributed by atoms with Gasteiger partial charge in [-0.25, -0.2) is 0 Å². The average Bonchev–Trinajstić information content (AvgIpc) is 3.09. The van der Waals surface area contributed by atoms with E-state index in [9.17, 15) is 22.8 Å². The minimum Gasteiger partial charge on any atom is -0.489 e. The molecule has 2 aliphatic heterocycles. The number of likely N-dealkylation sites (tertiary alicyclic amines) is 1. The second kappa shape index (κ2) is 15.0. The number of piperazine rings is 1. The number of pyridine rings is 1. The van der Waals surface area contributed by atoms with Gasteiger partial charge in [0.15, 0.2) is 0 Å². The smallest absolute Gasteiger partial charge is 0.417 e. The minimum atomic E-state index is -4.78. The van der Waals surface area contributed by atoms with E-state index in [1.54, 1.807) is 42.4 Å². The van der Waals surface area contributed by atoms with Crippen molar-refractivity contribution in [1.29, 1.82) is 0 Å². The number of methoxy groups -OCH3 is 1. The van der Waals surface area contributed by atoms with E-state index in [-0.39, 0.29) is 25.3 Å². The molecule has 2 aliphatic rings. The molecule has 2 N–H and O–H groups in total. The molecule has 0 spiro atoms. The number of rotatable bonds is 11. The molecule has 13 heteroatoms. The molecule has 10 nitrogen and oxygen atoms in total.